The van der Waals surface area contributed by atoms with Crippen LogP contribution < -0.4 is 24.4 Å². The SMILES string of the molecule is CCCC1=C(C(=O)OCC)[C@@H](c2ccccc2OC)n2c(s/c(=C/c3ccc(OC(F)F)cc3)c2=O)=N1. The number of allylic oxidation sites excluding steroid dienone is 1. The number of carbonyl (C=O) groups is 1. The third-order valence-electron chi connectivity index (χ3n) is 5.73. The molecular formula is C27H26F2N2O5S. The minimum Gasteiger partial charge on any atom is -0.496 e. The summed E-state index contributed by atoms with van der Waals surface area (Å²) in [6, 6.07) is 12.4. The third-order valence-corrected chi connectivity index (χ3v) is 6.71. The number of hydrogen-bond donors (Lipinski definition) is 0. The molecule has 194 valence electrons. The Hall–Kier alpha value is -3.79. The summed E-state index contributed by atoms with van der Waals surface area (Å²) in [4.78, 5) is 32.1. The van der Waals surface area contributed by atoms with Gasteiger partial charge in [-0.3, -0.25) is 9.36 Å². The fourth-order valence-corrected chi connectivity index (χ4v) is 5.22. The van der Waals surface area contributed by atoms with Crippen molar-refractivity contribution >= 4 is 23.4 Å². The number of methoxy groups -OCH3 is 1. The first-order valence-electron chi connectivity index (χ1n) is 11.8. The Morgan fingerprint density at radius 3 is 2.54 bits per heavy atom. The summed E-state index contributed by atoms with van der Waals surface area (Å²) in [5, 5.41) is 0. The van der Waals surface area contributed by atoms with Crippen LogP contribution in [-0.4, -0.2) is 30.9 Å². The molecule has 0 aliphatic carbocycles. The maximum absolute atomic E-state index is 13.7. The normalized spacial score (nSPS) is 15.4. The number of carbonyl (C=O) groups excluding carboxylic acids is 1. The van der Waals surface area contributed by atoms with Gasteiger partial charge in [-0.05, 0) is 43.2 Å². The Balaban J connectivity index is 1.93. The molecule has 37 heavy (non-hydrogen) atoms. The second-order valence-corrected chi connectivity index (χ2v) is 9.11. The highest BCUT2D eigenvalue weighted by molar-refractivity contribution is 7.07. The molecule has 2 aromatic carbocycles. The van der Waals surface area contributed by atoms with Crippen LogP contribution in [0.5, 0.6) is 11.5 Å². The third kappa shape index (κ3) is 5.48. The second kappa shape index (κ2) is 11.5. The van der Waals surface area contributed by atoms with E-state index in [-0.39, 0.29) is 17.9 Å². The lowest BCUT2D eigenvalue weighted by molar-refractivity contribution is -0.139. The van der Waals surface area contributed by atoms with E-state index in [2.05, 4.69) is 4.74 Å². The number of esters is 1. The van der Waals surface area contributed by atoms with Gasteiger partial charge in [-0.2, -0.15) is 8.78 Å². The first-order valence-corrected chi connectivity index (χ1v) is 12.6. The van der Waals surface area contributed by atoms with E-state index in [1.54, 1.807) is 31.2 Å². The molecule has 0 amide bonds. The minimum absolute atomic E-state index is 0.0214. The van der Waals surface area contributed by atoms with Crippen molar-refractivity contribution < 1.29 is 27.8 Å². The molecule has 1 aliphatic rings. The predicted octanol–water partition coefficient (Wildman–Crippen LogP) is 4.19. The smallest absolute Gasteiger partial charge is 0.387 e. The number of alkyl halides is 2. The fourth-order valence-electron chi connectivity index (χ4n) is 4.20. The van der Waals surface area contributed by atoms with Gasteiger partial charge in [-0.25, -0.2) is 9.79 Å². The number of rotatable bonds is 9. The van der Waals surface area contributed by atoms with Crippen LogP contribution >= 0.6 is 11.3 Å². The van der Waals surface area contributed by atoms with E-state index in [1.807, 2.05) is 25.1 Å². The first kappa shape index (κ1) is 26.3. The van der Waals surface area contributed by atoms with Crippen molar-refractivity contribution in [3.05, 3.63) is 90.6 Å². The van der Waals surface area contributed by atoms with Gasteiger partial charge in [0.25, 0.3) is 5.56 Å². The zero-order chi connectivity index (χ0) is 26.5. The van der Waals surface area contributed by atoms with Crippen LogP contribution in [0.1, 0.15) is 43.9 Å². The molecular weight excluding hydrogens is 502 g/mol. The second-order valence-electron chi connectivity index (χ2n) is 8.10. The van der Waals surface area contributed by atoms with Crippen LogP contribution in [0.2, 0.25) is 0 Å². The highest BCUT2D eigenvalue weighted by Crippen LogP contribution is 2.36. The summed E-state index contributed by atoms with van der Waals surface area (Å²) in [6.07, 6.45) is 2.92. The molecule has 0 N–H and O–H groups in total. The van der Waals surface area contributed by atoms with Gasteiger partial charge in [0.1, 0.15) is 17.5 Å². The van der Waals surface area contributed by atoms with Crippen LogP contribution in [0.15, 0.2) is 69.6 Å². The number of thiazole rings is 1. The molecule has 0 bridgehead atoms. The van der Waals surface area contributed by atoms with Crippen molar-refractivity contribution in [1.82, 2.24) is 4.57 Å². The molecule has 1 atom stereocenters. The number of hydrogen-bond acceptors (Lipinski definition) is 7. The molecule has 0 radical (unpaired) electrons. The number of halogens is 2. The maximum Gasteiger partial charge on any atom is 0.387 e. The standard InChI is InChI=1S/C27H26F2N2O5S/c1-4-8-19-22(25(33)35-5-2)23(18-9-6-7-10-20(18)34-3)31-24(32)21(37-27(31)30-19)15-16-11-13-17(14-12-16)36-26(28)29/h6-7,9-15,23,26H,4-5,8H2,1-3H3/b21-15+/t23-/m1/s1. The van der Waals surface area contributed by atoms with E-state index in [1.165, 1.54) is 35.1 Å². The number of aromatic nitrogens is 1. The summed E-state index contributed by atoms with van der Waals surface area (Å²) in [5.41, 5.74) is 1.79. The van der Waals surface area contributed by atoms with Gasteiger partial charge in [-0.15, -0.1) is 0 Å². The number of ether oxygens (including phenoxy) is 3. The molecule has 0 fully saturated rings. The van der Waals surface area contributed by atoms with Crippen LogP contribution in [0.4, 0.5) is 8.78 Å². The van der Waals surface area contributed by atoms with Gasteiger partial charge in [-0.1, -0.05) is 55.0 Å². The number of nitrogens with zero attached hydrogens (tertiary/aromatic N) is 2. The van der Waals surface area contributed by atoms with Crippen molar-refractivity contribution in [3.8, 4) is 11.5 Å². The Labute approximate surface area is 215 Å². The van der Waals surface area contributed by atoms with E-state index in [0.717, 1.165) is 6.42 Å². The lowest BCUT2D eigenvalue weighted by atomic mass is 9.93. The average Bonchev–Trinajstić information content (AvgIpc) is 3.18. The van der Waals surface area contributed by atoms with Gasteiger partial charge >= 0.3 is 12.6 Å². The molecule has 1 aromatic heterocycles. The topological polar surface area (TPSA) is 79.1 Å². The summed E-state index contributed by atoms with van der Waals surface area (Å²) in [6.45, 7) is 0.967. The van der Waals surface area contributed by atoms with E-state index >= 15 is 0 Å². The van der Waals surface area contributed by atoms with Crippen LogP contribution in [0.3, 0.4) is 0 Å². The van der Waals surface area contributed by atoms with Crippen LogP contribution in [-0.2, 0) is 9.53 Å². The highest BCUT2D eigenvalue weighted by atomic mass is 32.1. The molecule has 7 nitrogen and oxygen atoms in total. The summed E-state index contributed by atoms with van der Waals surface area (Å²) in [7, 11) is 1.53. The Morgan fingerprint density at radius 2 is 1.89 bits per heavy atom. The van der Waals surface area contributed by atoms with Crippen molar-refractivity contribution in [3.63, 3.8) is 0 Å². The van der Waals surface area contributed by atoms with E-state index in [0.29, 0.717) is 43.9 Å². The lowest BCUT2D eigenvalue weighted by Gasteiger charge is -2.26. The van der Waals surface area contributed by atoms with Crippen LogP contribution in [0, 0.1) is 0 Å². The van der Waals surface area contributed by atoms with Gasteiger partial charge in [0.05, 0.1) is 29.5 Å². The molecule has 1 aliphatic heterocycles. The Morgan fingerprint density at radius 1 is 1.16 bits per heavy atom. The number of benzene rings is 2. The molecule has 0 saturated carbocycles. The maximum atomic E-state index is 13.7. The zero-order valence-corrected chi connectivity index (χ0v) is 21.4. The molecule has 0 spiro atoms. The minimum atomic E-state index is -2.92. The van der Waals surface area contributed by atoms with Gasteiger partial charge < -0.3 is 14.2 Å². The van der Waals surface area contributed by atoms with Crippen molar-refractivity contribution in [2.75, 3.05) is 13.7 Å². The fraction of sp³-hybridized carbons (Fsp3) is 0.296. The van der Waals surface area contributed by atoms with E-state index in [9.17, 15) is 18.4 Å². The molecule has 4 rings (SSSR count). The molecule has 10 heteroatoms. The summed E-state index contributed by atoms with van der Waals surface area (Å²) < 4.78 is 42.2. The predicted molar refractivity (Wildman–Crippen MR) is 136 cm³/mol. The average molecular weight is 529 g/mol. The summed E-state index contributed by atoms with van der Waals surface area (Å²) >= 11 is 1.19. The lowest BCUT2D eigenvalue weighted by Crippen LogP contribution is -2.40. The Bertz CT molecular complexity index is 1490. The van der Waals surface area contributed by atoms with Crippen molar-refractivity contribution in [2.24, 2.45) is 4.99 Å². The molecule has 0 unspecified atom stereocenters. The molecule has 2 heterocycles. The Kier molecular flexibility index (Phi) is 8.17. The largest absolute Gasteiger partial charge is 0.496 e. The van der Waals surface area contributed by atoms with E-state index < -0.39 is 18.6 Å². The first-order chi connectivity index (χ1) is 17.9. The highest BCUT2D eigenvalue weighted by Gasteiger charge is 2.35. The monoisotopic (exact) mass is 528 g/mol. The number of fused-ring (bicyclic) bond motifs is 1. The molecule has 3 aromatic rings. The van der Waals surface area contributed by atoms with Crippen molar-refractivity contribution in [1.29, 1.82) is 0 Å². The van der Waals surface area contributed by atoms with E-state index in [4.69, 9.17) is 14.5 Å². The van der Waals surface area contributed by atoms with Gasteiger partial charge in [0.15, 0.2) is 4.80 Å². The van der Waals surface area contributed by atoms with Gasteiger partial charge in [0, 0.05) is 5.56 Å². The van der Waals surface area contributed by atoms with Crippen molar-refractivity contribution in [2.45, 2.75) is 39.3 Å². The molecule has 0 saturated heterocycles. The van der Waals surface area contributed by atoms with Crippen LogP contribution in [0.25, 0.3) is 6.08 Å². The summed E-state index contributed by atoms with van der Waals surface area (Å²) in [5.74, 6) is 0.0128. The number of para-hydroxylation sites is 1. The zero-order valence-electron chi connectivity index (χ0n) is 20.6. The van der Waals surface area contributed by atoms with Gasteiger partial charge in [0.2, 0.25) is 0 Å². The quantitative estimate of drug-likeness (QED) is 0.389.